The van der Waals surface area contributed by atoms with Crippen LogP contribution in [0.3, 0.4) is 0 Å². The molecule has 2 aromatic carbocycles. The standard InChI is InChI=1S/C19H16Cl4O2/c20-17-9-15(24-6-5-19(22)23)10-18(21)16(17)11-25-14-7-12-3-1-2-4-13(12)8-14/h1-5,9-10,14H,6-8,11H2. The predicted octanol–water partition coefficient (Wildman–Crippen LogP) is 6.38. The zero-order valence-electron chi connectivity index (χ0n) is 13.3. The lowest BCUT2D eigenvalue weighted by molar-refractivity contribution is 0.0480. The average Bonchev–Trinajstić information content (AvgIpc) is 2.96. The van der Waals surface area contributed by atoms with Gasteiger partial charge in [0.15, 0.2) is 0 Å². The molecular formula is C19H16Cl4O2. The second-order valence-corrected chi connectivity index (χ2v) is 7.60. The van der Waals surface area contributed by atoms with E-state index in [1.54, 1.807) is 18.2 Å². The minimum absolute atomic E-state index is 0.149. The molecule has 0 N–H and O–H groups in total. The normalized spacial score (nSPS) is 13.6. The first-order valence-electron chi connectivity index (χ1n) is 7.83. The van der Waals surface area contributed by atoms with E-state index in [-0.39, 0.29) is 17.2 Å². The Hall–Kier alpha value is -0.900. The van der Waals surface area contributed by atoms with Crippen LogP contribution in [-0.2, 0) is 24.2 Å². The number of benzene rings is 2. The van der Waals surface area contributed by atoms with Crippen molar-refractivity contribution in [2.24, 2.45) is 0 Å². The molecule has 0 atom stereocenters. The van der Waals surface area contributed by atoms with Gasteiger partial charge in [-0.25, -0.2) is 0 Å². The maximum absolute atomic E-state index is 6.34. The molecule has 0 aliphatic heterocycles. The Balaban J connectivity index is 1.60. The lowest BCUT2D eigenvalue weighted by atomic mass is 10.1. The molecule has 2 nitrogen and oxygen atoms in total. The minimum atomic E-state index is 0.149. The largest absolute Gasteiger partial charge is 0.489 e. The Bertz CT molecular complexity index is 737. The highest BCUT2D eigenvalue weighted by Gasteiger charge is 2.22. The van der Waals surface area contributed by atoms with E-state index < -0.39 is 0 Å². The monoisotopic (exact) mass is 416 g/mol. The zero-order valence-corrected chi connectivity index (χ0v) is 16.3. The van der Waals surface area contributed by atoms with Crippen LogP contribution >= 0.6 is 46.4 Å². The van der Waals surface area contributed by atoms with E-state index in [1.165, 1.54) is 11.1 Å². The number of hydrogen-bond donors (Lipinski definition) is 0. The number of hydrogen-bond acceptors (Lipinski definition) is 2. The third kappa shape index (κ3) is 5.06. The van der Waals surface area contributed by atoms with E-state index in [0.29, 0.717) is 22.4 Å². The van der Waals surface area contributed by atoms with E-state index in [9.17, 15) is 0 Å². The first-order chi connectivity index (χ1) is 12.0. The fourth-order valence-corrected chi connectivity index (χ4v) is 3.54. The third-order valence-corrected chi connectivity index (χ3v) is 5.06. The molecule has 0 saturated carbocycles. The molecule has 132 valence electrons. The molecule has 0 radical (unpaired) electrons. The summed E-state index contributed by atoms with van der Waals surface area (Å²) in [6.45, 7) is 0.606. The van der Waals surface area contributed by atoms with Crippen LogP contribution in [-0.4, -0.2) is 12.7 Å². The number of halogens is 4. The summed E-state index contributed by atoms with van der Waals surface area (Å²) in [4.78, 5) is 0. The molecule has 6 heteroatoms. The molecule has 3 rings (SSSR count). The van der Waals surface area contributed by atoms with Gasteiger partial charge in [0.25, 0.3) is 0 Å². The summed E-state index contributed by atoms with van der Waals surface area (Å²) >= 11 is 23.8. The van der Waals surface area contributed by atoms with Crippen molar-refractivity contribution in [3.8, 4) is 5.75 Å². The van der Waals surface area contributed by atoms with Crippen LogP contribution in [0.25, 0.3) is 0 Å². The van der Waals surface area contributed by atoms with E-state index in [1.807, 2.05) is 0 Å². The Morgan fingerprint density at radius 1 is 1.04 bits per heavy atom. The van der Waals surface area contributed by atoms with Crippen molar-refractivity contribution in [1.29, 1.82) is 0 Å². The van der Waals surface area contributed by atoms with Gasteiger partial charge >= 0.3 is 0 Å². The van der Waals surface area contributed by atoms with Crippen LogP contribution in [0.15, 0.2) is 47.0 Å². The molecule has 0 amide bonds. The fraction of sp³-hybridized carbons (Fsp3) is 0.263. The maximum Gasteiger partial charge on any atom is 0.122 e. The summed E-state index contributed by atoms with van der Waals surface area (Å²) in [5.74, 6) is 0.554. The van der Waals surface area contributed by atoms with E-state index in [4.69, 9.17) is 55.9 Å². The zero-order chi connectivity index (χ0) is 17.8. The molecule has 0 spiro atoms. The number of fused-ring (bicyclic) bond motifs is 1. The van der Waals surface area contributed by atoms with Gasteiger partial charge in [0.05, 0.1) is 22.8 Å². The van der Waals surface area contributed by atoms with Gasteiger partial charge in [0, 0.05) is 5.56 Å². The van der Waals surface area contributed by atoms with Gasteiger partial charge in [-0.3, -0.25) is 0 Å². The van der Waals surface area contributed by atoms with Gasteiger partial charge in [0.1, 0.15) is 16.8 Å². The topological polar surface area (TPSA) is 18.5 Å². The molecule has 1 aliphatic carbocycles. The van der Waals surface area contributed by atoms with Gasteiger partial charge in [-0.15, -0.1) is 0 Å². The van der Waals surface area contributed by atoms with Crippen LogP contribution in [0.1, 0.15) is 16.7 Å². The molecular weight excluding hydrogens is 402 g/mol. The molecule has 0 heterocycles. The Morgan fingerprint density at radius 3 is 2.20 bits per heavy atom. The van der Waals surface area contributed by atoms with Crippen molar-refractivity contribution in [3.05, 3.63) is 73.7 Å². The third-order valence-electron chi connectivity index (χ3n) is 4.08. The highest BCUT2D eigenvalue weighted by atomic mass is 35.5. The van der Waals surface area contributed by atoms with Crippen molar-refractivity contribution in [2.45, 2.75) is 25.6 Å². The number of ether oxygens (including phenoxy) is 2. The minimum Gasteiger partial charge on any atom is -0.489 e. The highest BCUT2D eigenvalue weighted by molar-refractivity contribution is 6.55. The van der Waals surface area contributed by atoms with Gasteiger partial charge in [-0.2, -0.15) is 0 Å². The second-order valence-electron chi connectivity index (χ2n) is 5.78. The molecule has 0 fully saturated rings. The summed E-state index contributed by atoms with van der Waals surface area (Å²) in [5, 5.41) is 1.03. The van der Waals surface area contributed by atoms with Crippen molar-refractivity contribution in [1.82, 2.24) is 0 Å². The van der Waals surface area contributed by atoms with Crippen LogP contribution < -0.4 is 4.74 Å². The molecule has 0 bridgehead atoms. The summed E-state index contributed by atoms with van der Waals surface area (Å²) < 4.78 is 11.7. The molecule has 25 heavy (non-hydrogen) atoms. The molecule has 1 aliphatic rings. The van der Waals surface area contributed by atoms with Gasteiger partial charge in [-0.1, -0.05) is 70.7 Å². The van der Waals surface area contributed by atoms with Crippen LogP contribution in [0.2, 0.25) is 10.0 Å². The Labute approximate surface area is 167 Å². The maximum atomic E-state index is 6.34. The lowest BCUT2D eigenvalue weighted by Gasteiger charge is -2.14. The van der Waals surface area contributed by atoms with Gasteiger partial charge in [-0.05, 0) is 42.2 Å². The lowest BCUT2D eigenvalue weighted by Crippen LogP contribution is -2.13. The smallest absolute Gasteiger partial charge is 0.122 e. The fourth-order valence-electron chi connectivity index (χ4n) is 2.84. The molecule has 2 aromatic rings. The van der Waals surface area contributed by atoms with E-state index in [2.05, 4.69) is 24.3 Å². The predicted molar refractivity (Wildman–Crippen MR) is 104 cm³/mol. The van der Waals surface area contributed by atoms with E-state index in [0.717, 1.165) is 18.4 Å². The average molecular weight is 418 g/mol. The van der Waals surface area contributed by atoms with Crippen LogP contribution in [0.4, 0.5) is 0 Å². The SMILES string of the molecule is ClC(Cl)=CCOc1cc(Cl)c(COC2Cc3ccccc3C2)c(Cl)c1. The molecule has 0 unspecified atom stereocenters. The highest BCUT2D eigenvalue weighted by Crippen LogP contribution is 2.32. The van der Waals surface area contributed by atoms with Crippen molar-refractivity contribution < 1.29 is 9.47 Å². The molecule has 0 saturated heterocycles. The Kier molecular flexibility index (Phi) is 6.54. The summed E-state index contributed by atoms with van der Waals surface area (Å²) in [7, 11) is 0. The van der Waals surface area contributed by atoms with Crippen molar-refractivity contribution in [3.63, 3.8) is 0 Å². The van der Waals surface area contributed by atoms with Crippen LogP contribution in [0, 0.1) is 0 Å². The first-order valence-corrected chi connectivity index (χ1v) is 9.34. The summed E-state index contributed by atoms with van der Waals surface area (Å²) in [6.07, 6.45) is 3.52. The summed E-state index contributed by atoms with van der Waals surface area (Å²) in [6, 6.07) is 11.8. The molecule has 0 aromatic heterocycles. The first kappa shape index (κ1) is 18.9. The van der Waals surface area contributed by atoms with Gasteiger partial charge < -0.3 is 9.47 Å². The quantitative estimate of drug-likeness (QED) is 0.543. The Morgan fingerprint density at radius 2 is 1.64 bits per heavy atom. The number of rotatable bonds is 6. The van der Waals surface area contributed by atoms with Gasteiger partial charge in [0.2, 0.25) is 0 Å². The second kappa shape index (κ2) is 8.66. The van der Waals surface area contributed by atoms with Crippen LogP contribution in [0.5, 0.6) is 5.75 Å². The van der Waals surface area contributed by atoms with Crippen molar-refractivity contribution in [2.75, 3.05) is 6.61 Å². The van der Waals surface area contributed by atoms with E-state index >= 15 is 0 Å². The van der Waals surface area contributed by atoms with Crippen molar-refractivity contribution >= 4 is 46.4 Å². The summed E-state index contributed by atoms with van der Waals surface area (Å²) in [5.41, 5.74) is 3.46.